The standard InChI is InChI=1S/C14H15BrN2O3S/c1-3-20-13-7-6-11(9-10(13)2)21(18,19)17-12-5-4-8-16-14(12)15/h4-9,17H,3H2,1-2H3. The highest BCUT2D eigenvalue weighted by molar-refractivity contribution is 9.10. The van der Waals surface area contributed by atoms with Crippen LogP contribution in [0.1, 0.15) is 12.5 Å². The first kappa shape index (κ1) is 15.8. The number of sulfonamides is 1. The molecule has 0 saturated heterocycles. The molecular formula is C14H15BrN2O3S. The number of nitrogens with one attached hydrogen (secondary N) is 1. The maximum absolute atomic E-state index is 12.4. The molecule has 0 radical (unpaired) electrons. The van der Waals surface area contributed by atoms with Crippen molar-refractivity contribution in [2.45, 2.75) is 18.7 Å². The van der Waals surface area contributed by atoms with Crippen molar-refractivity contribution in [3.05, 3.63) is 46.7 Å². The molecule has 0 bridgehead atoms. The maximum Gasteiger partial charge on any atom is 0.261 e. The van der Waals surface area contributed by atoms with Gasteiger partial charge in [-0.15, -0.1) is 0 Å². The zero-order valence-corrected chi connectivity index (χ0v) is 14.0. The van der Waals surface area contributed by atoms with Crippen LogP contribution in [-0.4, -0.2) is 20.0 Å². The summed E-state index contributed by atoms with van der Waals surface area (Å²) in [4.78, 5) is 4.16. The van der Waals surface area contributed by atoms with E-state index in [1.807, 2.05) is 13.8 Å². The number of ether oxygens (including phenoxy) is 1. The van der Waals surface area contributed by atoms with Crippen LogP contribution in [-0.2, 0) is 10.0 Å². The summed E-state index contributed by atoms with van der Waals surface area (Å²) in [7, 11) is -3.67. The second-order valence-electron chi connectivity index (χ2n) is 4.31. The number of nitrogens with zero attached hydrogens (tertiary/aromatic N) is 1. The van der Waals surface area contributed by atoms with Crippen molar-refractivity contribution in [3.8, 4) is 5.75 Å². The Hall–Kier alpha value is -1.60. The summed E-state index contributed by atoms with van der Waals surface area (Å²) < 4.78 is 33.1. The van der Waals surface area contributed by atoms with Gasteiger partial charge in [0.15, 0.2) is 0 Å². The van der Waals surface area contributed by atoms with Crippen LogP contribution in [0.25, 0.3) is 0 Å². The molecule has 0 spiro atoms. The number of aromatic nitrogens is 1. The van der Waals surface area contributed by atoms with E-state index < -0.39 is 10.0 Å². The lowest BCUT2D eigenvalue weighted by Crippen LogP contribution is -2.14. The molecule has 0 aliphatic rings. The van der Waals surface area contributed by atoms with Crippen molar-refractivity contribution in [2.24, 2.45) is 0 Å². The Kier molecular flexibility index (Phi) is 4.84. The van der Waals surface area contributed by atoms with E-state index in [2.05, 4.69) is 25.6 Å². The first-order valence-electron chi connectivity index (χ1n) is 6.31. The Bertz CT molecular complexity index is 748. The normalized spacial score (nSPS) is 11.2. The lowest BCUT2D eigenvalue weighted by molar-refractivity contribution is 0.337. The summed E-state index contributed by atoms with van der Waals surface area (Å²) in [6.07, 6.45) is 1.57. The summed E-state index contributed by atoms with van der Waals surface area (Å²) >= 11 is 3.21. The minimum atomic E-state index is -3.67. The molecule has 1 aromatic carbocycles. The van der Waals surface area contributed by atoms with Gasteiger partial charge < -0.3 is 4.74 Å². The Labute approximate surface area is 132 Å². The van der Waals surface area contributed by atoms with E-state index in [9.17, 15) is 8.42 Å². The predicted octanol–water partition coefficient (Wildman–Crippen LogP) is 3.35. The minimum Gasteiger partial charge on any atom is -0.494 e. The molecule has 1 heterocycles. The van der Waals surface area contributed by atoms with Crippen molar-refractivity contribution in [1.82, 2.24) is 4.98 Å². The zero-order valence-electron chi connectivity index (χ0n) is 11.6. The summed E-state index contributed by atoms with van der Waals surface area (Å²) in [5, 5.41) is 0. The zero-order chi connectivity index (χ0) is 15.5. The largest absolute Gasteiger partial charge is 0.494 e. The fraction of sp³-hybridized carbons (Fsp3) is 0.214. The van der Waals surface area contributed by atoms with Gasteiger partial charge in [0.25, 0.3) is 10.0 Å². The molecule has 0 atom stereocenters. The molecule has 0 saturated carbocycles. The molecule has 0 aliphatic heterocycles. The van der Waals surface area contributed by atoms with Crippen molar-refractivity contribution in [3.63, 3.8) is 0 Å². The average Bonchev–Trinajstić information content (AvgIpc) is 2.43. The monoisotopic (exact) mass is 370 g/mol. The van der Waals surface area contributed by atoms with Crippen LogP contribution >= 0.6 is 15.9 Å². The van der Waals surface area contributed by atoms with Crippen molar-refractivity contribution < 1.29 is 13.2 Å². The van der Waals surface area contributed by atoms with Gasteiger partial charge in [-0.25, -0.2) is 13.4 Å². The Morgan fingerprint density at radius 1 is 1.33 bits per heavy atom. The van der Waals surface area contributed by atoms with Gasteiger partial charge in [-0.2, -0.15) is 0 Å². The molecule has 5 nitrogen and oxygen atoms in total. The lowest BCUT2D eigenvalue weighted by Gasteiger charge is -2.11. The van der Waals surface area contributed by atoms with Crippen LogP contribution in [0.15, 0.2) is 46.0 Å². The third-order valence-corrected chi connectivity index (χ3v) is 4.76. The summed E-state index contributed by atoms with van der Waals surface area (Å²) in [6.45, 7) is 4.23. The number of benzene rings is 1. The fourth-order valence-corrected chi connectivity index (χ4v) is 3.40. The molecule has 0 aliphatic carbocycles. The molecule has 1 aromatic heterocycles. The van der Waals surface area contributed by atoms with Crippen LogP contribution in [0.5, 0.6) is 5.75 Å². The van der Waals surface area contributed by atoms with Gasteiger partial charge in [-0.1, -0.05) is 0 Å². The molecule has 0 fully saturated rings. The molecule has 7 heteroatoms. The van der Waals surface area contributed by atoms with E-state index >= 15 is 0 Å². The summed E-state index contributed by atoms with van der Waals surface area (Å²) in [5.41, 5.74) is 1.16. The number of halogens is 1. The fourth-order valence-electron chi connectivity index (χ4n) is 1.77. The van der Waals surface area contributed by atoms with E-state index in [-0.39, 0.29) is 4.90 Å². The van der Waals surface area contributed by atoms with Gasteiger partial charge >= 0.3 is 0 Å². The SMILES string of the molecule is CCOc1ccc(S(=O)(=O)Nc2cccnc2Br)cc1C. The molecule has 0 unspecified atom stereocenters. The lowest BCUT2D eigenvalue weighted by atomic mass is 10.2. The molecule has 1 N–H and O–H groups in total. The van der Waals surface area contributed by atoms with E-state index in [0.717, 1.165) is 5.56 Å². The van der Waals surface area contributed by atoms with Crippen LogP contribution in [0, 0.1) is 6.92 Å². The smallest absolute Gasteiger partial charge is 0.261 e. The van der Waals surface area contributed by atoms with Crippen LogP contribution in [0.2, 0.25) is 0 Å². The molecule has 21 heavy (non-hydrogen) atoms. The van der Waals surface area contributed by atoms with Gasteiger partial charge in [-0.3, -0.25) is 4.72 Å². The number of rotatable bonds is 5. The highest BCUT2D eigenvalue weighted by atomic mass is 79.9. The number of hydrogen-bond donors (Lipinski definition) is 1. The molecule has 112 valence electrons. The Morgan fingerprint density at radius 2 is 2.10 bits per heavy atom. The number of anilines is 1. The topological polar surface area (TPSA) is 68.3 Å². The van der Waals surface area contributed by atoms with Gasteiger partial charge in [0.05, 0.1) is 17.2 Å². The van der Waals surface area contributed by atoms with Gasteiger partial charge in [-0.05, 0) is 65.7 Å². The first-order chi connectivity index (χ1) is 9.94. The minimum absolute atomic E-state index is 0.180. The van der Waals surface area contributed by atoms with E-state index in [1.54, 1.807) is 30.5 Å². The second-order valence-corrected chi connectivity index (χ2v) is 6.74. The van der Waals surface area contributed by atoms with Crippen LogP contribution < -0.4 is 9.46 Å². The Balaban J connectivity index is 2.32. The molecule has 0 amide bonds. The van der Waals surface area contributed by atoms with E-state index in [0.29, 0.717) is 22.6 Å². The van der Waals surface area contributed by atoms with Crippen molar-refractivity contribution >= 4 is 31.6 Å². The maximum atomic E-state index is 12.4. The summed E-state index contributed by atoms with van der Waals surface area (Å²) in [6, 6.07) is 8.05. The first-order valence-corrected chi connectivity index (χ1v) is 8.58. The second kappa shape index (κ2) is 6.44. The third-order valence-electron chi connectivity index (χ3n) is 2.76. The number of aryl methyl sites for hydroxylation is 1. The van der Waals surface area contributed by atoms with Gasteiger partial charge in [0.1, 0.15) is 10.4 Å². The van der Waals surface area contributed by atoms with Crippen LogP contribution in [0.4, 0.5) is 5.69 Å². The third kappa shape index (κ3) is 3.74. The highest BCUT2D eigenvalue weighted by Gasteiger charge is 2.17. The molecular weight excluding hydrogens is 356 g/mol. The van der Waals surface area contributed by atoms with E-state index in [1.165, 1.54) is 6.07 Å². The van der Waals surface area contributed by atoms with E-state index in [4.69, 9.17) is 4.74 Å². The van der Waals surface area contributed by atoms with Gasteiger partial charge in [0, 0.05) is 6.20 Å². The Morgan fingerprint density at radius 3 is 2.71 bits per heavy atom. The predicted molar refractivity (Wildman–Crippen MR) is 85.1 cm³/mol. The highest BCUT2D eigenvalue weighted by Crippen LogP contribution is 2.25. The number of pyridine rings is 1. The molecule has 2 aromatic rings. The van der Waals surface area contributed by atoms with Crippen molar-refractivity contribution in [2.75, 3.05) is 11.3 Å². The average molecular weight is 371 g/mol. The summed E-state index contributed by atoms with van der Waals surface area (Å²) in [5.74, 6) is 0.680. The van der Waals surface area contributed by atoms with Crippen LogP contribution in [0.3, 0.4) is 0 Å². The quantitative estimate of drug-likeness (QED) is 0.819. The van der Waals surface area contributed by atoms with Gasteiger partial charge in [0.2, 0.25) is 0 Å². The van der Waals surface area contributed by atoms with Crippen molar-refractivity contribution in [1.29, 1.82) is 0 Å². The molecule has 2 rings (SSSR count). The number of hydrogen-bond acceptors (Lipinski definition) is 4.